The predicted octanol–water partition coefficient (Wildman–Crippen LogP) is 2.69. The highest BCUT2D eigenvalue weighted by Crippen LogP contribution is 2.11. The summed E-state index contributed by atoms with van der Waals surface area (Å²) in [7, 11) is 1.77. The summed E-state index contributed by atoms with van der Waals surface area (Å²) >= 11 is 0. The first kappa shape index (κ1) is 16.7. The van der Waals surface area contributed by atoms with Crippen LogP contribution < -0.4 is 10.6 Å². The van der Waals surface area contributed by atoms with Crippen LogP contribution in [-0.2, 0) is 6.54 Å². The minimum atomic E-state index is 0.171. The molecule has 0 bridgehead atoms. The maximum atomic E-state index is 4.34. The molecule has 0 saturated heterocycles. The van der Waals surface area contributed by atoms with E-state index in [0.29, 0.717) is 6.54 Å². The van der Waals surface area contributed by atoms with Crippen molar-refractivity contribution in [3.63, 3.8) is 0 Å². The molecule has 2 N–H and O–H groups in total. The van der Waals surface area contributed by atoms with E-state index in [4.69, 9.17) is 0 Å². The summed E-state index contributed by atoms with van der Waals surface area (Å²) in [5.74, 6) is 1.55. The average molecular weight is 334 g/mol. The molecule has 0 radical (unpaired) electrons. The number of hydrogen-bond donors (Lipinski definition) is 2. The molecule has 2 aromatic heterocycles. The second-order valence-electron chi connectivity index (χ2n) is 5.68. The van der Waals surface area contributed by atoms with Crippen LogP contribution in [0.3, 0.4) is 0 Å². The second-order valence-corrected chi connectivity index (χ2v) is 5.68. The summed E-state index contributed by atoms with van der Waals surface area (Å²) in [5.41, 5.74) is 2.33. The molecular formula is C19H22N6. The molecule has 3 aromatic rings. The van der Waals surface area contributed by atoms with E-state index in [9.17, 15) is 0 Å². The van der Waals surface area contributed by atoms with Crippen LogP contribution in [0.2, 0.25) is 0 Å². The third-order valence-electron chi connectivity index (χ3n) is 3.89. The van der Waals surface area contributed by atoms with E-state index >= 15 is 0 Å². The Morgan fingerprint density at radius 2 is 2.00 bits per heavy atom. The lowest BCUT2D eigenvalue weighted by atomic mass is 10.1. The van der Waals surface area contributed by atoms with E-state index in [1.54, 1.807) is 24.1 Å². The molecule has 6 nitrogen and oxygen atoms in total. The number of benzene rings is 1. The molecule has 0 spiro atoms. The Kier molecular flexibility index (Phi) is 5.41. The Labute approximate surface area is 147 Å². The van der Waals surface area contributed by atoms with E-state index in [0.717, 1.165) is 17.3 Å². The zero-order valence-electron chi connectivity index (χ0n) is 14.4. The monoisotopic (exact) mass is 334 g/mol. The number of aliphatic imine (C=N–C) groups is 1. The highest BCUT2D eigenvalue weighted by atomic mass is 15.3. The van der Waals surface area contributed by atoms with Gasteiger partial charge in [-0.05, 0) is 36.2 Å². The molecule has 6 heteroatoms. The van der Waals surface area contributed by atoms with Crippen LogP contribution in [0.15, 0.2) is 72.1 Å². The van der Waals surface area contributed by atoms with Crippen molar-refractivity contribution in [2.24, 2.45) is 4.99 Å². The molecule has 1 atom stereocenters. The molecule has 0 saturated carbocycles. The van der Waals surface area contributed by atoms with Crippen molar-refractivity contribution in [1.29, 1.82) is 0 Å². The van der Waals surface area contributed by atoms with Gasteiger partial charge in [-0.2, -0.15) is 5.10 Å². The van der Waals surface area contributed by atoms with E-state index in [1.165, 1.54) is 5.56 Å². The van der Waals surface area contributed by atoms with Gasteiger partial charge in [-0.3, -0.25) is 4.99 Å². The van der Waals surface area contributed by atoms with Gasteiger partial charge in [-0.25, -0.2) is 9.67 Å². The molecule has 1 unspecified atom stereocenters. The zero-order valence-corrected chi connectivity index (χ0v) is 14.4. The first-order chi connectivity index (χ1) is 12.3. The Morgan fingerprint density at radius 3 is 2.72 bits per heavy atom. The van der Waals surface area contributed by atoms with E-state index in [2.05, 4.69) is 44.8 Å². The van der Waals surface area contributed by atoms with Crippen molar-refractivity contribution < 1.29 is 0 Å². The number of aromatic nitrogens is 3. The molecule has 25 heavy (non-hydrogen) atoms. The maximum absolute atomic E-state index is 4.34. The van der Waals surface area contributed by atoms with Crippen LogP contribution in [0.1, 0.15) is 24.1 Å². The minimum Gasteiger partial charge on any atom is -0.352 e. The number of pyridine rings is 1. The van der Waals surface area contributed by atoms with E-state index in [1.807, 2.05) is 42.6 Å². The molecule has 0 aliphatic heterocycles. The van der Waals surface area contributed by atoms with Gasteiger partial charge in [0.15, 0.2) is 11.8 Å². The summed E-state index contributed by atoms with van der Waals surface area (Å²) in [6.07, 6.45) is 5.40. The van der Waals surface area contributed by atoms with Gasteiger partial charge in [0, 0.05) is 32.2 Å². The lowest BCUT2D eigenvalue weighted by molar-refractivity contribution is 0.685. The topological polar surface area (TPSA) is 67.1 Å². The maximum Gasteiger partial charge on any atom is 0.191 e. The minimum absolute atomic E-state index is 0.171. The number of hydrogen-bond acceptors (Lipinski definition) is 3. The van der Waals surface area contributed by atoms with Crippen molar-refractivity contribution in [3.8, 4) is 5.82 Å². The molecular weight excluding hydrogens is 312 g/mol. The summed E-state index contributed by atoms with van der Waals surface area (Å²) in [6.45, 7) is 2.77. The smallest absolute Gasteiger partial charge is 0.191 e. The second kappa shape index (κ2) is 8.10. The number of rotatable bonds is 5. The Balaban J connectivity index is 1.61. The fourth-order valence-electron chi connectivity index (χ4n) is 2.51. The number of guanidine groups is 1. The Hall–Kier alpha value is -3.15. The third-order valence-corrected chi connectivity index (χ3v) is 3.89. The van der Waals surface area contributed by atoms with Gasteiger partial charge in [-0.15, -0.1) is 0 Å². The van der Waals surface area contributed by atoms with Gasteiger partial charge < -0.3 is 10.6 Å². The summed E-state index contributed by atoms with van der Waals surface area (Å²) in [6, 6.07) is 16.3. The fourth-order valence-corrected chi connectivity index (χ4v) is 2.51. The Bertz CT molecular complexity index is 811. The molecule has 1 aromatic carbocycles. The molecule has 2 heterocycles. The summed E-state index contributed by atoms with van der Waals surface area (Å²) in [5, 5.41) is 11.0. The summed E-state index contributed by atoms with van der Waals surface area (Å²) in [4.78, 5) is 8.65. The average Bonchev–Trinajstić information content (AvgIpc) is 3.21. The van der Waals surface area contributed by atoms with E-state index < -0.39 is 0 Å². The van der Waals surface area contributed by atoms with E-state index in [-0.39, 0.29) is 6.04 Å². The van der Waals surface area contributed by atoms with Crippen LogP contribution in [0, 0.1) is 0 Å². The highest BCUT2D eigenvalue weighted by Gasteiger charge is 2.07. The molecule has 0 aliphatic rings. The first-order valence-electron chi connectivity index (χ1n) is 8.23. The third kappa shape index (κ3) is 4.44. The number of nitrogens with one attached hydrogen (secondary N) is 2. The fraction of sp³-hybridized carbons (Fsp3) is 0.211. The van der Waals surface area contributed by atoms with Crippen molar-refractivity contribution >= 4 is 5.96 Å². The standard InChI is InChI=1S/C19H22N6/c1-15(17-7-4-3-5-8-17)24-19(20-2)22-14-16-9-11-21-18(13-16)25-12-6-10-23-25/h3-13,15H,14H2,1-2H3,(H2,20,22,24). The quantitative estimate of drug-likeness (QED) is 0.556. The molecule has 0 aliphatic carbocycles. The lowest BCUT2D eigenvalue weighted by Crippen LogP contribution is -2.38. The van der Waals surface area contributed by atoms with Crippen LogP contribution in [0.5, 0.6) is 0 Å². The van der Waals surface area contributed by atoms with Crippen LogP contribution in [-0.4, -0.2) is 27.8 Å². The van der Waals surface area contributed by atoms with Crippen molar-refractivity contribution in [3.05, 3.63) is 78.2 Å². The molecule has 128 valence electrons. The lowest BCUT2D eigenvalue weighted by Gasteiger charge is -2.18. The number of nitrogens with zero attached hydrogens (tertiary/aromatic N) is 4. The first-order valence-corrected chi connectivity index (χ1v) is 8.23. The molecule has 3 rings (SSSR count). The normalized spacial score (nSPS) is 12.6. The molecule has 0 fully saturated rings. The van der Waals surface area contributed by atoms with Gasteiger partial charge >= 0.3 is 0 Å². The van der Waals surface area contributed by atoms with Gasteiger partial charge in [0.2, 0.25) is 0 Å². The predicted molar refractivity (Wildman–Crippen MR) is 99.6 cm³/mol. The van der Waals surface area contributed by atoms with Gasteiger partial charge in [0.05, 0.1) is 6.04 Å². The van der Waals surface area contributed by atoms with Gasteiger partial charge in [0.1, 0.15) is 0 Å². The van der Waals surface area contributed by atoms with Crippen LogP contribution in [0.25, 0.3) is 5.82 Å². The van der Waals surface area contributed by atoms with Crippen LogP contribution >= 0.6 is 0 Å². The largest absolute Gasteiger partial charge is 0.352 e. The van der Waals surface area contributed by atoms with Gasteiger partial charge in [0.25, 0.3) is 0 Å². The summed E-state index contributed by atoms with van der Waals surface area (Å²) < 4.78 is 1.74. The van der Waals surface area contributed by atoms with Crippen molar-refractivity contribution in [2.45, 2.75) is 19.5 Å². The van der Waals surface area contributed by atoms with Crippen molar-refractivity contribution in [1.82, 2.24) is 25.4 Å². The van der Waals surface area contributed by atoms with Crippen LogP contribution in [0.4, 0.5) is 0 Å². The highest BCUT2D eigenvalue weighted by molar-refractivity contribution is 5.80. The Morgan fingerprint density at radius 1 is 1.16 bits per heavy atom. The SMILES string of the molecule is CN=C(NCc1ccnc(-n2cccn2)c1)NC(C)c1ccccc1. The zero-order chi connectivity index (χ0) is 17.5. The van der Waals surface area contributed by atoms with Gasteiger partial charge in [-0.1, -0.05) is 30.3 Å². The molecule has 0 amide bonds. The van der Waals surface area contributed by atoms with Crippen molar-refractivity contribution in [2.75, 3.05) is 7.05 Å².